The fourth-order valence-electron chi connectivity index (χ4n) is 3.50. The highest BCUT2D eigenvalue weighted by Gasteiger charge is 2.35. The van der Waals surface area contributed by atoms with Crippen molar-refractivity contribution in [2.45, 2.75) is 54.7 Å². The zero-order valence-electron chi connectivity index (χ0n) is 16.8. The van der Waals surface area contributed by atoms with Gasteiger partial charge in [-0.3, -0.25) is 9.48 Å². The number of carbonyl (C=O) groups is 1. The Morgan fingerprint density at radius 2 is 1.88 bits per heavy atom. The molecule has 1 aromatic carbocycles. The Kier molecular flexibility index (Phi) is 6.41. The number of alkyl halides is 3. The molecule has 9 nitrogen and oxygen atoms in total. The molecule has 2 aromatic rings. The minimum atomic E-state index is -4.96. The molecule has 0 amide bonds. The Labute approximate surface area is 182 Å². The van der Waals surface area contributed by atoms with Gasteiger partial charge in [0.15, 0.2) is 9.84 Å². The molecule has 176 valence electrons. The van der Waals surface area contributed by atoms with Gasteiger partial charge >= 0.3 is 12.1 Å². The highest BCUT2D eigenvalue weighted by molar-refractivity contribution is 7.91. The zero-order chi connectivity index (χ0) is 23.9. The second-order valence-corrected chi connectivity index (χ2v) is 11.3. The average Bonchev–Trinajstić information content (AvgIpc) is 3.10. The van der Waals surface area contributed by atoms with E-state index in [1.165, 1.54) is 17.8 Å². The number of benzene rings is 1. The van der Waals surface area contributed by atoms with Crippen molar-refractivity contribution in [3.8, 4) is 0 Å². The van der Waals surface area contributed by atoms with Gasteiger partial charge in [-0.25, -0.2) is 21.6 Å². The van der Waals surface area contributed by atoms with E-state index in [2.05, 4.69) is 9.82 Å². The van der Waals surface area contributed by atoms with E-state index < -0.39 is 65.7 Å². The summed E-state index contributed by atoms with van der Waals surface area (Å²) in [6.45, 7) is 0.820. The van der Waals surface area contributed by atoms with Gasteiger partial charge in [-0.2, -0.15) is 18.3 Å². The van der Waals surface area contributed by atoms with Crippen LogP contribution in [0.5, 0.6) is 0 Å². The number of nitrogens with one attached hydrogen (secondary N) is 1. The second-order valence-electron chi connectivity index (χ2n) is 7.26. The molecule has 0 spiro atoms. The highest BCUT2D eigenvalue weighted by Crippen LogP contribution is 2.35. The number of sulfonamides is 1. The van der Waals surface area contributed by atoms with Crippen LogP contribution in [-0.2, 0) is 43.8 Å². The lowest BCUT2D eigenvalue weighted by molar-refractivity contribution is -0.138. The summed E-state index contributed by atoms with van der Waals surface area (Å²) in [6, 6.07) is 0.641. The van der Waals surface area contributed by atoms with E-state index in [1.807, 2.05) is 0 Å². The Bertz CT molecular complexity index is 1250. The Morgan fingerprint density at radius 1 is 1.22 bits per heavy atom. The van der Waals surface area contributed by atoms with Crippen LogP contribution in [0.2, 0.25) is 0 Å². The van der Waals surface area contributed by atoms with Crippen LogP contribution < -0.4 is 4.72 Å². The summed E-state index contributed by atoms with van der Waals surface area (Å²) in [6.07, 6.45) is -2.37. The van der Waals surface area contributed by atoms with Crippen LogP contribution in [0.4, 0.5) is 13.2 Å². The van der Waals surface area contributed by atoms with Crippen LogP contribution in [0.3, 0.4) is 0 Å². The molecule has 0 radical (unpaired) electrons. The molecular formula is C18H20F3N3O6S2. The molecule has 1 atom stereocenters. The molecule has 0 saturated heterocycles. The molecule has 32 heavy (non-hydrogen) atoms. The van der Waals surface area contributed by atoms with Gasteiger partial charge in [-0.05, 0) is 37.5 Å². The lowest BCUT2D eigenvalue weighted by Crippen LogP contribution is -2.31. The number of sulfone groups is 1. The monoisotopic (exact) mass is 495 g/mol. The Balaban J connectivity index is 2.02. The topological polar surface area (TPSA) is 135 Å². The first-order valence-electron chi connectivity index (χ1n) is 9.48. The second kappa shape index (κ2) is 8.48. The van der Waals surface area contributed by atoms with Crippen LogP contribution >= 0.6 is 0 Å². The van der Waals surface area contributed by atoms with Crippen LogP contribution in [0.25, 0.3) is 0 Å². The minimum absolute atomic E-state index is 0.310. The predicted molar refractivity (Wildman–Crippen MR) is 105 cm³/mol. The van der Waals surface area contributed by atoms with Gasteiger partial charge in [0, 0.05) is 11.3 Å². The van der Waals surface area contributed by atoms with Crippen LogP contribution in [0.1, 0.15) is 42.6 Å². The van der Waals surface area contributed by atoms with Gasteiger partial charge in [0.1, 0.15) is 6.54 Å². The van der Waals surface area contributed by atoms with Crippen molar-refractivity contribution in [3.05, 3.63) is 41.2 Å². The smallest absolute Gasteiger partial charge is 0.416 e. The SMILES string of the molecule is CCS(=O)(=O)c1cc(C(F)(F)F)cc(S(=O)(=O)NC2CCCc3c2cnn3CC(=O)O)c1. The largest absolute Gasteiger partial charge is 0.480 e. The lowest BCUT2D eigenvalue weighted by atomic mass is 9.94. The molecule has 1 aliphatic carbocycles. The average molecular weight is 496 g/mol. The van der Waals surface area contributed by atoms with E-state index in [1.54, 1.807) is 0 Å². The molecule has 0 aliphatic heterocycles. The van der Waals surface area contributed by atoms with E-state index in [0.717, 1.165) is 0 Å². The van der Waals surface area contributed by atoms with Gasteiger partial charge in [-0.15, -0.1) is 0 Å². The summed E-state index contributed by atoms with van der Waals surface area (Å²) in [4.78, 5) is 9.41. The molecule has 0 saturated carbocycles. The summed E-state index contributed by atoms with van der Waals surface area (Å²) >= 11 is 0. The number of rotatable bonds is 7. The first-order chi connectivity index (χ1) is 14.7. The van der Waals surface area contributed by atoms with E-state index in [0.29, 0.717) is 48.7 Å². The maximum absolute atomic E-state index is 13.3. The van der Waals surface area contributed by atoms with Crippen LogP contribution in [0, 0.1) is 0 Å². The number of fused-ring (bicyclic) bond motifs is 1. The maximum atomic E-state index is 13.3. The van der Waals surface area contributed by atoms with E-state index in [9.17, 15) is 34.8 Å². The van der Waals surface area contributed by atoms with Gasteiger partial charge < -0.3 is 5.11 Å². The summed E-state index contributed by atoms with van der Waals surface area (Å²) < 4.78 is 93.7. The van der Waals surface area contributed by atoms with Gasteiger partial charge in [0.2, 0.25) is 10.0 Å². The van der Waals surface area contributed by atoms with Crippen LogP contribution in [0.15, 0.2) is 34.2 Å². The molecule has 0 fully saturated rings. The van der Waals surface area contributed by atoms with Crippen molar-refractivity contribution in [1.29, 1.82) is 0 Å². The fourth-order valence-corrected chi connectivity index (χ4v) is 5.84. The van der Waals surface area contributed by atoms with Crippen molar-refractivity contribution in [3.63, 3.8) is 0 Å². The van der Waals surface area contributed by atoms with Gasteiger partial charge in [-0.1, -0.05) is 6.92 Å². The molecule has 3 rings (SSSR count). The summed E-state index contributed by atoms with van der Waals surface area (Å²) in [5.74, 6) is -1.64. The van der Waals surface area contributed by atoms with Crippen molar-refractivity contribution >= 4 is 25.8 Å². The number of nitrogens with zero attached hydrogens (tertiary/aromatic N) is 2. The number of carboxylic acid groups (broad SMARTS) is 1. The summed E-state index contributed by atoms with van der Waals surface area (Å²) in [5.41, 5.74) is -0.454. The first-order valence-corrected chi connectivity index (χ1v) is 12.6. The molecule has 1 aliphatic rings. The van der Waals surface area contributed by atoms with E-state index in [-0.39, 0.29) is 0 Å². The molecular weight excluding hydrogens is 475 g/mol. The van der Waals surface area contributed by atoms with Crippen molar-refractivity contribution < 1.29 is 39.9 Å². The quantitative estimate of drug-likeness (QED) is 0.601. The fraction of sp³-hybridized carbons (Fsp3) is 0.444. The minimum Gasteiger partial charge on any atom is -0.480 e. The van der Waals surface area contributed by atoms with E-state index in [4.69, 9.17) is 5.11 Å². The molecule has 1 aromatic heterocycles. The van der Waals surface area contributed by atoms with Crippen molar-refractivity contribution in [1.82, 2.24) is 14.5 Å². The van der Waals surface area contributed by atoms with Gasteiger partial charge in [0.05, 0.1) is 33.3 Å². The van der Waals surface area contributed by atoms with Crippen LogP contribution in [-0.4, -0.2) is 43.4 Å². The zero-order valence-corrected chi connectivity index (χ0v) is 18.4. The number of aromatic nitrogens is 2. The predicted octanol–water partition coefficient (Wildman–Crippen LogP) is 2.14. The Hall–Kier alpha value is -2.45. The number of carboxylic acids is 1. The molecule has 14 heteroatoms. The lowest BCUT2D eigenvalue weighted by Gasteiger charge is -2.24. The molecule has 0 bridgehead atoms. The molecule has 1 unspecified atom stereocenters. The molecule has 2 N–H and O–H groups in total. The standard InChI is InChI=1S/C18H20F3N3O6S2/c1-2-31(27,28)12-6-11(18(19,20)21)7-13(8-12)32(29,30)23-15-4-3-5-16-14(15)9-22-24(16)10-17(25)26/h6-9,15,23H,2-5,10H2,1H3,(H,25,26). The summed E-state index contributed by atoms with van der Waals surface area (Å²) in [5, 5.41) is 12.9. The number of aliphatic carboxylic acids is 1. The summed E-state index contributed by atoms with van der Waals surface area (Å²) in [7, 11) is -8.67. The third-order valence-electron chi connectivity index (χ3n) is 5.10. The van der Waals surface area contributed by atoms with Crippen molar-refractivity contribution in [2.75, 3.05) is 5.75 Å². The normalized spacial score (nSPS) is 17.2. The maximum Gasteiger partial charge on any atom is 0.416 e. The van der Waals surface area contributed by atoms with Crippen molar-refractivity contribution in [2.24, 2.45) is 0 Å². The Morgan fingerprint density at radius 3 is 2.47 bits per heavy atom. The number of hydrogen-bond donors (Lipinski definition) is 2. The molecule has 1 heterocycles. The van der Waals surface area contributed by atoms with E-state index >= 15 is 0 Å². The number of hydrogen-bond acceptors (Lipinski definition) is 6. The third-order valence-corrected chi connectivity index (χ3v) is 8.27. The number of halogens is 3. The third kappa shape index (κ3) is 4.96. The highest BCUT2D eigenvalue weighted by atomic mass is 32.2. The first kappa shape index (κ1) is 24.2. The van der Waals surface area contributed by atoms with Gasteiger partial charge in [0.25, 0.3) is 0 Å².